The summed E-state index contributed by atoms with van der Waals surface area (Å²) >= 11 is 0. The minimum Gasteiger partial charge on any atom is -0.492 e. The zero-order valence-corrected chi connectivity index (χ0v) is 19.0. The molecule has 1 aliphatic heterocycles. The molecule has 2 heterocycles. The van der Waals surface area contributed by atoms with Gasteiger partial charge in [-0.15, -0.1) is 0 Å². The Morgan fingerprint density at radius 1 is 1.13 bits per heavy atom. The molecule has 31 heavy (non-hydrogen) atoms. The number of morpholine rings is 1. The monoisotopic (exact) mass is 427 g/mol. The summed E-state index contributed by atoms with van der Waals surface area (Å²) in [5.74, 6) is 0.796. The number of hydrogen-bond donors (Lipinski definition) is 2. The molecule has 0 spiro atoms. The second kappa shape index (κ2) is 12.8. The Kier molecular flexibility index (Phi) is 9.75. The summed E-state index contributed by atoms with van der Waals surface area (Å²) in [6.07, 6.45) is 4.61. The maximum Gasteiger partial charge on any atom is 0.142 e. The van der Waals surface area contributed by atoms with E-state index in [1.165, 1.54) is 5.56 Å². The highest BCUT2D eigenvalue weighted by Crippen LogP contribution is 2.28. The van der Waals surface area contributed by atoms with Crippen LogP contribution in [0.1, 0.15) is 49.1 Å². The number of nitrogens with one attached hydrogen (secondary N) is 1. The van der Waals surface area contributed by atoms with E-state index in [-0.39, 0.29) is 6.61 Å². The number of hydrogen-bond acceptors (Lipinski definition) is 6. The molecule has 1 aliphatic rings. The zero-order chi connectivity index (χ0) is 21.9. The smallest absolute Gasteiger partial charge is 0.142 e. The van der Waals surface area contributed by atoms with Gasteiger partial charge in [-0.3, -0.25) is 9.88 Å². The van der Waals surface area contributed by atoms with Gasteiger partial charge in [0.1, 0.15) is 5.75 Å². The molecular weight excluding hydrogens is 390 g/mol. The molecule has 0 radical (unpaired) electrons. The number of unbranched alkanes of at least 4 members (excludes halogenated alkanes) is 1. The molecule has 1 aromatic carbocycles. The van der Waals surface area contributed by atoms with Crippen molar-refractivity contribution >= 4 is 0 Å². The quantitative estimate of drug-likeness (QED) is 0.507. The molecule has 3 rings (SSSR count). The maximum atomic E-state index is 10.3. The molecule has 0 aliphatic carbocycles. The van der Waals surface area contributed by atoms with Gasteiger partial charge in [0.15, 0.2) is 0 Å². The van der Waals surface area contributed by atoms with Crippen molar-refractivity contribution in [3.63, 3.8) is 0 Å². The second-order valence-corrected chi connectivity index (χ2v) is 8.40. The van der Waals surface area contributed by atoms with Crippen LogP contribution in [-0.2, 0) is 24.3 Å². The van der Waals surface area contributed by atoms with Crippen LogP contribution in [-0.4, -0.2) is 60.5 Å². The molecule has 0 atom stereocenters. The highest BCUT2D eigenvalue weighted by Gasteiger charge is 2.20. The van der Waals surface area contributed by atoms with Crippen LogP contribution in [0.5, 0.6) is 5.75 Å². The van der Waals surface area contributed by atoms with Crippen LogP contribution < -0.4 is 10.1 Å². The van der Waals surface area contributed by atoms with Crippen molar-refractivity contribution in [3.8, 4) is 5.75 Å². The fourth-order valence-corrected chi connectivity index (χ4v) is 3.82. The van der Waals surface area contributed by atoms with Crippen molar-refractivity contribution in [3.05, 3.63) is 58.9 Å². The van der Waals surface area contributed by atoms with Gasteiger partial charge in [0.25, 0.3) is 0 Å². The largest absolute Gasteiger partial charge is 0.492 e. The van der Waals surface area contributed by atoms with Gasteiger partial charge >= 0.3 is 0 Å². The van der Waals surface area contributed by atoms with Gasteiger partial charge in [0.05, 0.1) is 38.3 Å². The Balaban J connectivity index is 1.74. The van der Waals surface area contributed by atoms with Gasteiger partial charge in [-0.1, -0.05) is 44.2 Å². The van der Waals surface area contributed by atoms with Crippen molar-refractivity contribution in [1.82, 2.24) is 15.2 Å². The minimum absolute atomic E-state index is 0.0374. The molecule has 6 heteroatoms. The molecule has 0 bridgehead atoms. The number of aliphatic hydroxyl groups is 1. The van der Waals surface area contributed by atoms with Gasteiger partial charge in [-0.05, 0) is 24.9 Å². The van der Waals surface area contributed by atoms with Crippen LogP contribution in [0.4, 0.5) is 0 Å². The Hall–Kier alpha value is -1.99. The fourth-order valence-electron chi connectivity index (χ4n) is 3.82. The number of aliphatic hydroxyl groups excluding tert-OH is 1. The Labute approximate surface area is 186 Å². The molecule has 170 valence electrons. The molecule has 0 unspecified atom stereocenters. The van der Waals surface area contributed by atoms with Crippen molar-refractivity contribution in [2.24, 2.45) is 0 Å². The Morgan fingerprint density at radius 3 is 2.61 bits per heavy atom. The van der Waals surface area contributed by atoms with E-state index < -0.39 is 0 Å². The SMILES string of the molecule is CC(C)NCCCCOc1cnc(Cc2ccccc2)c(CO)c1CN1CCOCC1. The predicted molar refractivity (Wildman–Crippen MR) is 123 cm³/mol. The molecule has 1 fully saturated rings. The lowest BCUT2D eigenvalue weighted by atomic mass is 10.00. The third-order valence-electron chi connectivity index (χ3n) is 5.59. The highest BCUT2D eigenvalue weighted by atomic mass is 16.5. The van der Waals surface area contributed by atoms with E-state index in [2.05, 4.69) is 36.2 Å². The van der Waals surface area contributed by atoms with Crippen LogP contribution in [0.15, 0.2) is 36.5 Å². The van der Waals surface area contributed by atoms with E-state index in [1.807, 2.05) is 24.4 Å². The summed E-state index contributed by atoms with van der Waals surface area (Å²) in [6, 6.07) is 10.8. The highest BCUT2D eigenvalue weighted by molar-refractivity contribution is 5.42. The average molecular weight is 428 g/mol. The lowest BCUT2D eigenvalue weighted by Crippen LogP contribution is -2.36. The van der Waals surface area contributed by atoms with Crippen molar-refractivity contribution < 1.29 is 14.6 Å². The third-order valence-corrected chi connectivity index (χ3v) is 5.59. The van der Waals surface area contributed by atoms with Gasteiger partial charge in [-0.25, -0.2) is 0 Å². The van der Waals surface area contributed by atoms with Crippen LogP contribution >= 0.6 is 0 Å². The Bertz CT molecular complexity index is 777. The topological polar surface area (TPSA) is 66.8 Å². The summed E-state index contributed by atoms with van der Waals surface area (Å²) in [5.41, 5.74) is 4.07. The summed E-state index contributed by atoms with van der Waals surface area (Å²) in [6.45, 7) is 9.95. The molecule has 2 N–H and O–H groups in total. The van der Waals surface area contributed by atoms with Gasteiger partial charge in [0, 0.05) is 43.2 Å². The molecule has 0 saturated carbocycles. The van der Waals surface area contributed by atoms with Crippen LogP contribution in [0.3, 0.4) is 0 Å². The van der Waals surface area contributed by atoms with Gasteiger partial charge < -0.3 is 19.9 Å². The van der Waals surface area contributed by atoms with Crippen molar-refractivity contribution in [2.45, 2.75) is 52.3 Å². The van der Waals surface area contributed by atoms with E-state index >= 15 is 0 Å². The summed E-state index contributed by atoms with van der Waals surface area (Å²) in [4.78, 5) is 7.06. The first-order valence-electron chi connectivity index (χ1n) is 11.5. The van der Waals surface area contributed by atoms with Gasteiger partial charge in [0.2, 0.25) is 0 Å². The fraction of sp³-hybridized carbons (Fsp3) is 0.560. The van der Waals surface area contributed by atoms with E-state index in [9.17, 15) is 5.11 Å². The molecular formula is C25H37N3O3. The number of benzene rings is 1. The van der Waals surface area contributed by atoms with Crippen molar-refractivity contribution in [2.75, 3.05) is 39.5 Å². The van der Waals surface area contributed by atoms with Crippen LogP contribution in [0, 0.1) is 0 Å². The second-order valence-electron chi connectivity index (χ2n) is 8.40. The van der Waals surface area contributed by atoms with Crippen LogP contribution in [0.25, 0.3) is 0 Å². The van der Waals surface area contributed by atoms with Gasteiger partial charge in [-0.2, -0.15) is 0 Å². The molecule has 2 aromatic rings. The standard InChI is InChI=1S/C25H37N3O3/c1-20(2)26-10-6-7-13-31-25-17-27-24(16-21-8-4-3-5-9-21)23(19-29)22(25)18-28-11-14-30-15-12-28/h3-5,8-9,17,20,26,29H,6-7,10-16,18-19H2,1-2H3. The van der Waals surface area contributed by atoms with Crippen molar-refractivity contribution in [1.29, 1.82) is 0 Å². The predicted octanol–water partition coefficient (Wildman–Crippen LogP) is 3.15. The van der Waals surface area contributed by atoms with E-state index in [0.29, 0.717) is 19.1 Å². The number of nitrogens with zero attached hydrogens (tertiary/aromatic N) is 2. The molecule has 6 nitrogen and oxygen atoms in total. The van der Waals surface area contributed by atoms with E-state index in [0.717, 1.165) is 74.8 Å². The zero-order valence-electron chi connectivity index (χ0n) is 19.0. The first kappa shape index (κ1) is 23.7. The van der Waals surface area contributed by atoms with Crippen LogP contribution in [0.2, 0.25) is 0 Å². The molecule has 0 amide bonds. The number of ether oxygens (including phenoxy) is 2. The first-order chi connectivity index (χ1) is 15.2. The average Bonchev–Trinajstić information content (AvgIpc) is 2.78. The summed E-state index contributed by atoms with van der Waals surface area (Å²) < 4.78 is 11.7. The number of aromatic nitrogens is 1. The number of pyridine rings is 1. The summed E-state index contributed by atoms with van der Waals surface area (Å²) in [5, 5.41) is 13.7. The number of rotatable bonds is 12. The third kappa shape index (κ3) is 7.58. The maximum absolute atomic E-state index is 10.3. The normalized spacial score (nSPS) is 14.8. The Morgan fingerprint density at radius 2 is 1.90 bits per heavy atom. The molecule has 1 aromatic heterocycles. The lowest BCUT2D eigenvalue weighted by Gasteiger charge is -2.28. The van der Waals surface area contributed by atoms with E-state index in [1.54, 1.807) is 0 Å². The lowest BCUT2D eigenvalue weighted by molar-refractivity contribution is 0.0335. The summed E-state index contributed by atoms with van der Waals surface area (Å²) in [7, 11) is 0. The molecule has 1 saturated heterocycles. The minimum atomic E-state index is -0.0374. The van der Waals surface area contributed by atoms with E-state index in [4.69, 9.17) is 14.5 Å². The first-order valence-corrected chi connectivity index (χ1v) is 11.5.